The highest BCUT2D eigenvalue weighted by molar-refractivity contribution is 9.08. The number of nitrogens with zero attached hydrogens (tertiary/aromatic N) is 2. The van der Waals surface area contributed by atoms with Crippen LogP contribution in [0.4, 0.5) is 5.82 Å². The smallest absolute Gasteiger partial charge is 0.233 e. The van der Waals surface area contributed by atoms with Gasteiger partial charge < -0.3 is 0 Å². The topological polar surface area (TPSA) is 50.3 Å². The Bertz CT molecular complexity index is 493. The van der Waals surface area contributed by atoms with Crippen molar-refractivity contribution in [2.24, 2.45) is 0 Å². The van der Waals surface area contributed by atoms with Crippen molar-refractivity contribution in [3.05, 3.63) is 22.8 Å². The molecule has 0 saturated carbocycles. The third-order valence-electron chi connectivity index (χ3n) is 2.08. The Kier molecular flexibility index (Phi) is 5.22. The van der Waals surface area contributed by atoms with E-state index < -0.39 is 10.0 Å². The van der Waals surface area contributed by atoms with Crippen LogP contribution < -0.4 is 4.31 Å². The van der Waals surface area contributed by atoms with Crippen molar-refractivity contribution in [3.63, 3.8) is 0 Å². The Morgan fingerprint density at radius 3 is 2.59 bits per heavy atom. The van der Waals surface area contributed by atoms with Gasteiger partial charge in [0.25, 0.3) is 0 Å². The van der Waals surface area contributed by atoms with Gasteiger partial charge in [0.15, 0.2) is 0 Å². The van der Waals surface area contributed by atoms with Crippen LogP contribution in [-0.2, 0) is 15.4 Å². The van der Waals surface area contributed by atoms with Gasteiger partial charge in [-0.1, -0.05) is 34.5 Å². The molecule has 1 rings (SSSR count). The Morgan fingerprint density at radius 1 is 1.47 bits per heavy atom. The van der Waals surface area contributed by atoms with Crippen LogP contribution in [0.1, 0.15) is 18.9 Å². The Labute approximate surface area is 115 Å². The maximum atomic E-state index is 11.7. The summed E-state index contributed by atoms with van der Waals surface area (Å²) < 4.78 is 24.6. The Hall–Kier alpha value is -0.330. The first kappa shape index (κ1) is 14.7. The number of anilines is 1. The standard InChI is InChI=1S/C10H14BrClN2O2S/c1-3-4-14(17(2,15)16)10-6-8(7-11)5-9(12)13-10/h5-6H,3-4,7H2,1-2H3. The van der Waals surface area contributed by atoms with Crippen LogP contribution in [0.3, 0.4) is 0 Å². The minimum atomic E-state index is -3.32. The predicted molar refractivity (Wildman–Crippen MR) is 74.4 cm³/mol. The minimum Gasteiger partial charge on any atom is -0.254 e. The molecule has 0 aromatic carbocycles. The van der Waals surface area contributed by atoms with Gasteiger partial charge in [-0.25, -0.2) is 13.4 Å². The van der Waals surface area contributed by atoms with Gasteiger partial charge in [0, 0.05) is 11.9 Å². The lowest BCUT2D eigenvalue weighted by Crippen LogP contribution is -2.31. The second kappa shape index (κ2) is 6.02. The SMILES string of the molecule is CCCN(c1cc(CBr)cc(Cl)n1)S(C)(=O)=O. The van der Waals surface area contributed by atoms with Crippen LogP contribution in [0.2, 0.25) is 5.15 Å². The first-order valence-electron chi connectivity index (χ1n) is 5.08. The summed E-state index contributed by atoms with van der Waals surface area (Å²) in [5.74, 6) is 0.372. The highest BCUT2D eigenvalue weighted by Crippen LogP contribution is 2.22. The molecule has 17 heavy (non-hydrogen) atoms. The van der Waals surface area contributed by atoms with Gasteiger partial charge in [0.2, 0.25) is 10.0 Å². The largest absolute Gasteiger partial charge is 0.254 e. The normalized spacial score (nSPS) is 11.5. The number of alkyl halides is 1. The van der Waals surface area contributed by atoms with E-state index in [-0.39, 0.29) is 0 Å². The summed E-state index contributed by atoms with van der Waals surface area (Å²) in [5.41, 5.74) is 0.893. The molecule has 1 heterocycles. The summed E-state index contributed by atoms with van der Waals surface area (Å²) in [5, 5.41) is 0.896. The predicted octanol–water partition coefficient (Wildman–Crippen LogP) is 2.81. The quantitative estimate of drug-likeness (QED) is 0.611. The molecule has 0 aliphatic rings. The zero-order valence-corrected chi connectivity index (χ0v) is 12.8. The molecular weight excluding hydrogens is 328 g/mol. The molecule has 0 bridgehead atoms. The first-order valence-corrected chi connectivity index (χ1v) is 8.43. The van der Waals surface area contributed by atoms with E-state index in [1.54, 1.807) is 12.1 Å². The zero-order valence-electron chi connectivity index (χ0n) is 9.65. The van der Waals surface area contributed by atoms with Crippen molar-refractivity contribution < 1.29 is 8.42 Å². The van der Waals surface area contributed by atoms with Gasteiger partial charge in [-0.15, -0.1) is 0 Å². The van der Waals surface area contributed by atoms with Gasteiger partial charge in [-0.2, -0.15) is 0 Å². The van der Waals surface area contributed by atoms with Crippen molar-refractivity contribution in [2.75, 3.05) is 17.1 Å². The van der Waals surface area contributed by atoms with E-state index in [1.165, 1.54) is 10.6 Å². The maximum Gasteiger partial charge on any atom is 0.233 e. The number of hydrogen-bond acceptors (Lipinski definition) is 3. The van der Waals surface area contributed by atoms with Gasteiger partial charge in [0.1, 0.15) is 11.0 Å². The fourth-order valence-corrected chi connectivity index (χ4v) is 2.89. The Morgan fingerprint density at radius 2 is 2.12 bits per heavy atom. The fourth-order valence-electron chi connectivity index (χ4n) is 1.39. The molecule has 0 spiro atoms. The van der Waals surface area contributed by atoms with Crippen molar-refractivity contribution in [1.29, 1.82) is 0 Å². The van der Waals surface area contributed by atoms with E-state index >= 15 is 0 Å². The molecule has 1 aromatic heterocycles. The van der Waals surface area contributed by atoms with Crippen LogP contribution in [-0.4, -0.2) is 26.2 Å². The molecular formula is C10H14BrClN2O2S. The molecule has 0 fully saturated rings. The summed E-state index contributed by atoms with van der Waals surface area (Å²) in [6.45, 7) is 2.31. The van der Waals surface area contributed by atoms with Crippen LogP contribution in [0.15, 0.2) is 12.1 Å². The van der Waals surface area contributed by atoms with Gasteiger partial charge >= 0.3 is 0 Å². The molecule has 0 unspecified atom stereocenters. The van der Waals surface area contributed by atoms with Crippen LogP contribution in [0.5, 0.6) is 0 Å². The first-order chi connectivity index (χ1) is 7.88. The van der Waals surface area contributed by atoms with Gasteiger partial charge in [-0.05, 0) is 24.1 Å². The minimum absolute atomic E-state index is 0.293. The number of aromatic nitrogens is 1. The number of pyridine rings is 1. The molecule has 96 valence electrons. The summed E-state index contributed by atoms with van der Waals surface area (Å²) >= 11 is 9.18. The third kappa shape index (κ3) is 4.12. The fraction of sp³-hybridized carbons (Fsp3) is 0.500. The monoisotopic (exact) mass is 340 g/mol. The number of rotatable bonds is 5. The lowest BCUT2D eigenvalue weighted by atomic mass is 10.3. The average Bonchev–Trinajstić information content (AvgIpc) is 2.23. The molecule has 4 nitrogen and oxygen atoms in total. The van der Waals surface area contributed by atoms with Crippen molar-refractivity contribution >= 4 is 43.4 Å². The van der Waals surface area contributed by atoms with Crippen molar-refractivity contribution in [2.45, 2.75) is 18.7 Å². The molecule has 0 saturated heterocycles. The highest BCUT2D eigenvalue weighted by Gasteiger charge is 2.18. The summed E-state index contributed by atoms with van der Waals surface area (Å²) in [4.78, 5) is 4.06. The molecule has 0 aliphatic heterocycles. The molecule has 0 aliphatic carbocycles. The van der Waals surface area contributed by atoms with E-state index in [4.69, 9.17) is 11.6 Å². The third-order valence-corrected chi connectivity index (χ3v) is 4.09. The summed E-state index contributed by atoms with van der Waals surface area (Å²) in [6, 6.07) is 3.42. The van der Waals surface area contributed by atoms with E-state index in [0.717, 1.165) is 5.56 Å². The van der Waals surface area contributed by atoms with E-state index in [2.05, 4.69) is 20.9 Å². The van der Waals surface area contributed by atoms with Crippen molar-refractivity contribution in [3.8, 4) is 0 Å². The number of halogens is 2. The lowest BCUT2D eigenvalue weighted by molar-refractivity contribution is 0.595. The summed E-state index contributed by atoms with van der Waals surface area (Å²) in [6.07, 6.45) is 1.88. The highest BCUT2D eigenvalue weighted by atomic mass is 79.9. The Balaban J connectivity index is 3.23. The molecule has 0 N–H and O–H groups in total. The van der Waals surface area contributed by atoms with E-state index in [1.807, 2.05) is 6.92 Å². The van der Waals surface area contributed by atoms with Crippen molar-refractivity contribution in [1.82, 2.24) is 4.98 Å². The average molecular weight is 342 g/mol. The van der Waals surface area contributed by atoms with E-state index in [0.29, 0.717) is 29.3 Å². The molecule has 0 amide bonds. The molecule has 0 radical (unpaired) electrons. The lowest BCUT2D eigenvalue weighted by Gasteiger charge is -2.21. The molecule has 1 aromatic rings. The second-order valence-electron chi connectivity index (χ2n) is 3.63. The number of hydrogen-bond donors (Lipinski definition) is 0. The second-order valence-corrected chi connectivity index (χ2v) is 6.48. The van der Waals surface area contributed by atoms with Crippen LogP contribution >= 0.6 is 27.5 Å². The van der Waals surface area contributed by atoms with Crippen LogP contribution in [0.25, 0.3) is 0 Å². The van der Waals surface area contributed by atoms with Crippen LogP contribution in [0, 0.1) is 0 Å². The maximum absolute atomic E-state index is 11.7. The molecule has 7 heteroatoms. The number of sulfonamides is 1. The van der Waals surface area contributed by atoms with Gasteiger partial charge in [0.05, 0.1) is 6.26 Å². The van der Waals surface area contributed by atoms with E-state index in [9.17, 15) is 8.42 Å². The summed E-state index contributed by atoms with van der Waals surface area (Å²) in [7, 11) is -3.32. The van der Waals surface area contributed by atoms with Gasteiger partial charge in [-0.3, -0.25) is 4.31 Å². The molecule has 0 atom stereocenters. The zero-order chi connectivity index (χ0) is 13.1.